The van der Waals surface area contributed by atoms with Crippen LogP contribution in [0.25, 0.3) is 0 Å². The molecule has 6 heteroatoms. The average Bonchev–Trinajstić information content (AvgIpc) is 2.93. The van der Waals surface area contributed by atoms with Gasteiger partial charge in [-0.15, -0.1) is 10.2 Å². The van der Waals surface area contributed by atoms with E-state index in [4.69, 9.17) is 4.74 Å². The highest BCUT2D eigenvalue weighted by Gasteiger charge is 2.22. The summed E-state index contributed by atoms with van der Waals surface area (Å²) in [5.41, 5.74) is 3.28. The summed E-state index contributed by atoms with van der Waals surface area (Å²) in [6.07, 6.45) is 2.83. The number of fused-ring (bicyclic) bond motifs is 1. The van der Waals surface area contributed by atoms with E-state index >= 15 is 0 Å². The highest BCUT2D eigenvalue weighted by atomic mass is 16.5. The lowest BCUT2D eigenvalue weighted by Gasteiger charge is -2.28. The van der Waals surface area contributed by atoms with Gasteiger partial charge in [-0.3, -0.25) is 9.88 Å². The van der Waals surface area contributed by atoms with Gasteiger partial charge < -0.3 is 9.30 Å². The summed E-state index contributed by atoms with van der Waals surface area (Å²) < 4.78 is 7.74. The topological polar surface area (TPSA) is 56.1 Å². The molecule has 0 aliphatic carbocycles. The third kappa shape index (κ3) is 2.59. The van der Waals surface area contributed by atoms with Crippen LogP contribution in [-0.4, -0.2) is 38.3 Å². The maximum absolute atomic E-state index is 5.49. The number of pyridine rings is 1. The van der Waals surface area contributed by atoms with Crippen LogP contribution in [0.3, 0.4) is 0 Å². The molecule has 3 rings (SSSR count). The van der Waals surface area contributed by atoms with Crippen molar-refractivity contribution in [3.63, 3.8) is 0 Å². The minimum Gasteiger partial charge on any atom is -0.496 e. The molecule has 0 atom stereocenters. The van der Waals surface area contributed by atoms with Crippen LogP contribution >= 0.6 is 0 Å². The first kappa shape index (κ1) is 15.0. The van der Waals surface area contributed by atoms with Crippen molar-refractivity contribution in [3.8, 4) is 5.75 Å². The van der Waals surface area contributed by atoms with Crippen molar-refractivity contribution < 1.29 is 4.74 Å². The summed E-state index contributed by atoms with van der Waals surface area (Å²) in [4.78, 5) is 6.96. The Morgan fingerprint density at radius 1 is 1.23 bits per heavy atom. The molecule has 3 heterocycles. The van der Waals surface area contributed by atoms with Gasteiger partial charge in [-0.2, -0.15) is 0 Å². The molecule has 0 unspecified atom stereocenters. The van der Waals surface area contributed by atoms with Gasteiger partial charge in [0.15, 0.2) is 0 Å². The van der Waals surface area contributed by atoms with Crippen molar-refractivity contribution in [1.29, 1.82) is 0 Å². The van der Waals surface area contributed by atoms with E-state index in [2.05, 4.69) is 38.5 Å². The van der Waals surface area contributed by atoms with E-state index in [9.17, 15) is 0 Å². The fourth-order valence-corrected chi connectivity index (χ4v) is 3.11. The number of methoxy groups -OCH3 is 1. The number of rotatable bonds is 4. The number of hydrogen-bond donors (Lipinski definition) is 0. The Morgan fingerprint density at radius 3 is 2.77 bits per heavy atom. The lowest BCUT2D eigenvalue weighted by Crippen LogP contribution is -2.34. The van der Waals surface area contributed by atoms with Crippen LogP contribution in [0.4, 0.5) is 0 Å². The molecule has 0 radical (unpaired) electrons. The Morgan fingerprint density at radius 2 is 2.05 bits per heavy atom. The molecule has 1 aliphatic rings. The fourth-order valence-electron chi connectivity index (χ4n) is 3.11. The van der Waals surface area contributed by atoms with Crippen LogP contribution in [0.2, 0.25) is 0 Å². The monoisotopic (exact) mass is 301 g/mol. The molecule has 0 saturated heterocycles. The van der Waals surface area contributed by atoms with Gasteiger partial charge in [0.1, 0.15) is 17.4 Å². The van der Waals surface area contributed by atoms with E-state index in [0.29, 0.717) is 0 Å². The SMILES string of the molecule is CCc1nnc2n1CCN(Cc1ncc(C)c(OC)c1C)C2. The van der Waals surface area contributed by atoms with Gasteiger partial charge in [0.05, 0.1) is 19.3 Å². The van der Waals surface area contributed by atoms with Crippen molar-refractivity contribution in [2.45, 2.75) is 46.8 Å². The zero-order chi connectivity index (χ0) is 15.7. The molecule has 2 aromatic rings. The van der Waals surface area contributed by atoms with Crippen LogP contribution in [-0.2, 0) is 26.1 Å². The standard InChI is InChI=1S/C16H23N5O/c1-5-14-18-19-15-10-20(6-7-21(14)15)9-13-12(3)16(22-4)11(2)8-17-13/h8H,5-7,9-10H2,1-4H3. The van der Waals surface area contributed by atoms with Gasteiger partial charge in [0.2, 0.25) is 0 Å². The number of aryl methyl sites for hydroxylation is 2. The second kappa shape index (κ2) is 6.04. The minimum absolute atomic E-state index is 0.816. The summed E-state index contributed by atoms with van der Waals surface area (Å²) in [5, 5.41) is 8.58. The van der Waals surface area contributed by atoms with E-state index in [1.807, 2.05) is 13.1 Å². The lowest BCUT2D eigenvalue weighted by molar-refractivity contribution is 0.204. The molecule has 6 nitrogen and oxygen atoms in total. The number of ether oxygens (including phenoxy) is 1. The molecule has 0 saturated carbocycles. The molecule has 0 spiro atoms. The molecule has 2 aromatic heterocycles. The highest BCUT2D eigenvalue weighted by molar-refractivity contribution is 5.41. The molecule has 1 aliphatic heterocycles. The molecular formula is C16H23N5O. The maximum atomic E-state index is 5.49. The Balaban J connectivity index is 1.78. The largest absolute Gasteiger partial charge is 0.496 e. The quantitative estimate of drug-likeness (QED) is 0.863. The van der Waals surface area contributed by atoms with Crippen molar-refractivity contribution >= 4 is 0 Å². The summed E-state index contributed by atoms with van der Waals surface area (Å²) >= 11 is 0. The second-order valence-electron chi connectivity index (χ2n) is 5.79. The van der Waals surface area contributed by atoms with Gasteiger partial charge in [-0.05, 0) is 13.8 Å². The lowest BCUT2D eigenvalue weighted by atomic mass is 10.1. The van der Waals surface area contributed by atoms with Crippen molar-refractivity contribution in [3.05, 3.63) is 34.7 Å². The first-order chi connectivity index (χ1) is 10.6. The van der Waals surface area contributed by atoms with Crippen molar-refractivity contribution in [2.24, 2.45) is 0 Å². The van der Waals surface area contributed by atoms with Gasteiger partial charge in [0, 0.05) is 43.4 Å². The van der Waals surface area contributed by atoms with Crippen LogP contribution in [0.1, 0.15) is 35.4 Å². The van der Waals surface area contributed by atoms with Gasteiger partial charge in [-0.25, -0.2) is 0 Å². The van der Waals surface area contributed by atoms with Crippen LogP contribution in [0.15, 0.2) is 6.20 Å². The number of hydrogen-bond acceptors (Lipinski definition) is 5. The summed E-state index contributed by atoms with van der Waals surface area (Å²) in [7, 11) is 1.72. The van der Waals surface area contributed by atoms with Crippen LogP contribution in [0, 0.1) is 13.8 Å². The third-order valence-electron chi connectivity index (χ3n) is 4.35. The van der Waals surface area contributed by atoms with Crippen molar-refractivity contribution in [2.75, 3.05) is 13.7 Å². The predicted molar refractivity (Wildman–Crippen MR) is 83.8 cm³/mol. The van der Waals surface area contributed by atoms with Crippen molar-refractivity contribution in [1.82, 2.24) is 24.6 Å². The Hall–Kier alpha value is -1.95. The Labute approximate surface area is 131 Å². The molecular weight excluding hydrogens is 278 g/mol. The molecule has 22 heavy (non-hydrogen) atoms. The maximum Gasteiger partial charge on any atom is 0.147 e. The smallest absolute Gasteiger partial charge is 0.147 e. The average molecular weight is 301 g/mol. The first-order valence-corrected chi connectivity index (χ1v) is 7.76. The zero-order valence-electron chi connectivity index (χ0n) is 13.8. The molecule has 0 aromatic carbocycles. The number of nitrogens with zero attached hydrogens (tertiary/aromatic N) is 5. The van der Waals surface area contributed by atoms with Crippen LogP contribution in [0.5, 0.6) is 5.75 Å². The Bertz CT molecular complexity index is 679. The Kier molecular flexibility index (Phi) is 4.11. The number of aromatic nitrogens is 4. The first-order valence-electron chi connectivity index (χ1n) is 7.76. The second-order valence-corrected chi connectivity index (χ2v) is 5.79. The third-order valence-corrected chi connectivity index (χ3v) is 4.35. The van der Waals surface area contributed by atoms with Gasteiger partial charge in [0.25, 0.3) is 0 Å². The molecule has 118 valence electrons. The van der Waals surface area contributed by atoms with E-state index in [1.54, 1.807) is 7.11 Å². The van der Waals surface area contributed by atoms with E-state index in [1.165, 1.54) is 0 Å². The zero-order valence-corrected chi connectivity index (χ0v) is 13.8. The summed E-state index contributed by atoms with van der Waals surface area (Å²) in [6, 6.07) is 0. The predicted octanol–water partition coefficient (Wildman–Crippen LogP) is 1.88. The molecule has 0 bridgehead atoms. The molecule has 0 N–H and O–H groups in total. The van der Waals surface area contributed by atoms with E-state index < -0.39 is 0 Å². The summed E-state index contributed by atoms with van der Waals surface area (Å²) in [5.74, 6) is 3.08. The van der Waals surface area contributed by atoms with Gasteiger partial charge in [-0.1, -0.05) is 6.92 Å². The van der Waals surface area contributed by atoms with Gasteiger partial charge >= 0.3 is 0 Å². The van der Waals surface area contributed by atoms with E-state index in [0.717, 1.165) is 66.8 Å². The molecule has 0 amide bonds. The van der Waals surface area contributed by atoms with E-state index in [-0.39, 0.29) is 0 Å². The van der Waals surface area contributed by atoms with Crippen LogP contribution < -0.4 is 4.74 Å². The molecule has 0 fully saturated rings. The summed E-state index contributed by atoms with van der Waals surface area (Å²) in [6.45, 7) is 9.81. The fraction of sp³-hybridized carbons (Fsp3) is 0.562. The minimum atomic E-state index is 0.816. The highest BCUT2D eigenvalue weighted by Crippen LogP contribution is 2.25. The normalized spacial score (nSPS) is 14.9.